The van der Waals surface area contributed by atoms with Crippen LogP contribution in [0.25, 0.3) is 0 Å². The van der Waals surface area contributed by atoms with Crippen LogP contribution in [-0.2, 0) is 0 Å². The van der Waals surface area contributed by atoms with E-state index in [1.807, 2.05) is 36.4 Å². The summed E-state index contributed by atoms with van der Waals surface area (Å²) >= 11 is 0. The molecule has 0 amide bonds. The molecule has 10 nitrogen and oxygen atoms in total. The molecule has 0 heterocycles. The summed E-state index contributed by atoms with van der Waals surface area (Å²) in [5.41, 5.74) is 5.41. The van der Waals surface area contributed by atoms with Gasteiger partial charge in [-0.25, -0.2) is 0 Å². The highest BCUT2D eigenvalue weighted by atomic mass is 16.5. The van der Waals surface area contributed by atoms with E-state index in [9.17, 15) is 0 Å². The molecule has 0 N–H and O–H groups in total. The number of Topliss-reactive ketones (excluding diaryl/α,β-unsaturated/α-hetero) is 2. The van der Waals surface area contributed by atoms with Crippen LogP contribution in [0.3, 0.4) is 0 Å². The smallest absolute Gasteiger partial charge is 0.171 e. The van der Waals surface area contributed by atoms with E-state index in [1.165, 1.54) is 0 Å². The first-order valence-corrected chi connectivity index (χ1v) is 19.8. The molecule has 296 valence electrons. The Balaban J connectivity index is 1.68. The second-order valence-electron chi connectivity index (χ2n) is 14.5. The van der Waals surface area contributed by atoms with Crippen molar-refractivity contribution in [2.45, 2.75) is 77.0 Å². The molecule has 10 heteroatoms. The lowest BCUT2D eigenvalue weighted by molar-refractivity contribution is 0.0937. The summed E-state index contributed by atoms with van der Waals surface area (Å²) in [4.78, 5) is 31.6. The van der Waals surface area contributed by atoms with E-state index >= 15 is 9.59 Å². The Bertz CT molecular complexity index is 1990. The molecule has 0 aliphatic heterocycles. The van der Waals surface area contributed by atoms with Crippen LogP contribution in [0, 0.1) is 0 Å². The molecule has 4 bridgehead atoms. The summed E-state index contributed by atoms with van der Waals surface area (Å²) in [6.07, 6.45) is 3.14. The molecule has 56 heavy (non-hydrogen) atoms. The molecule has 4 aromatic carbocycles. The first-order valence-electron chi connectivity index (χ1n) is 19.8. The van der Waals surface area contributed by atoms with Crippen LogP contribution in [0.5, 0.6) is 46.0 Å². The first kappa shape index (κ1) is 38.9. The van der Waals surface area contributed by atoms with Gasteiger partial charge in [-0.05, 0) is 108 Å². The minimum absolute atomic E-state index is 0.123. The normalized spacial score (nSPS) is 18.6. The third kappa shape index (κ3) is 6.46. The Morgan fingerprint density at radius 3 is 0.875 bits per heavy atom. The van der Waals surface area contributed by atoms with Gasteiger partial charge in [0.15, 0.2) is 57.6 Å². The highest BCUT2D eigenvalue weighted by Crippen LogP contribution is 2.62. The molecule has 0 aromatic heterocycles. The third-order valence-electron chi connectivity index (χ3n) is 11.0. The van der Waals surface area contributed by atoms with E-state index in [0.717, 1.165) is 47.9 Å². The van der Waals surface area contributed by atoms with Crippen LogP contribution < -0.4 is 37.9 Å². The molecule has 3 aliphatic rings. The van der Waals surface area contributed by atoms with E-state index in [0.29, 0.717) is 94.7 Å². The van der Waals surface area contributed by atoms with Crippen LogP contribution in [0.4, 0.5) is 0 Å². The van der Waals surface area contributed by atoms with Crippen molar-refractivity contribution in [3.05, 3.63) is 93.0 Å². The maximum atomic E-state index is 15.8. The maximum Gasteiger partial charge on any atom is 0.171 e. The van der Waals surface area contributed by atoms with Crippen molar-refractivity contribution < 1.29 is 47.5 Å². The number of fused-ring (bicyclic) bond motifs is 6. The number of carbonyl (C=O) groups excluding carboxylic acids is 2. The lowest BCUT2D eigenvalue weighted by Gasteiger charge is -2.35. The Hall–Kier alpha value is -5.38. The number of rotatable bonds is 16. The third-order valence-corrected chi connectivity index (χ3v) is 11.0. The summed E-state index contributed by atoms with van der Waals surface area (Å²) in [6, 6.07) is 15.2. The number of ether oxygens (including phenoxy) is 8. The minimum atomic E-state index is -0.833. The molecule has 0 unspecified atom stereocenters. The van der Waals surface area contributed by atoms with Gasteiger partial charge in [-0.15, -0.1) is 0 Å². The summed E-state index contributed by atoms with van der Waals surface area (Å²) in [6.45, 7) is 10.1. The standard InChI is InChI=1S/C46H52O10/c1-9-13-53-37-19-25-27(21-39(37)55-15-11-3)43-42-26-20-38(54-14-10-2)40(56-16-12-4)22-28(26)44(46(48)32-24-36(52-8)34(50-6)18-30(32)42)41(25)29-17-33(49-5)35(51-7)23-31(29)45(43)47/h17-24,41-44H,9-16H2,1-8H3/t41-,42+,43-,44+. The molecule has 0 saturated heterocycles. The molecule has 3 aliphatic carbocycles. The highest BCUT2D eigenvalue weighted by Gasteiger charge is 2.52. The number of ketones is 2. The van der Waals surface area contributed by atoms with Crippen LogP contribution in [0.2, 0.25) is 0 Å². The van der Waals surface area contributed by atoms with Crippen LogP contribution in [0.15, 0.2) is 48.5 Å². The first-order chi connectivity index (χ1) is 27.3. The van der Waals surface area contributed by atoms with E-state index in [-0.39, 0.29) is 11.6 Å². The molecule has 4 atom stereocenters. The topological polar surface area (TPSA) is 108 Å². The van der Waals surface area contributed by atoms with E-state index in [1.54, 1.807) is 40.6 Å². The van der Waals surface area contributed by atoms with Gasteiger partial charge in [0.25, 0.3) is 0 Å². The molecule has 0 spiro atoms. The van der Waals surface area contributed by atoms with Crippen LogP contribution in [0.1, 0.15) is 131 Å². The van der Waals surface area contributed by atoms with Crippen molar-refractivity contribution in [1.29, 1.82) is 0 Å². The van der Waals surface area contributed by atoms with Crippen molar-refractivity contribution in [2.75, 3.05) is 54.9 Å². The fourth-order valence-corrected chi connectivity index (χ4v) is 8.62. The fraction of sp³-hybridized carbons (Fsp3) is 0.435. The number of carbonyl (C=O) groups is 2. The number of hydrogen-bond acceptors (Lipinski definition) is 10. The van der Waals surface area contributed by atoms with Gasteiger partial charge in [0.2, 0.25) is 0 Å². The molecule has 0 radical (unpaired) electrons. The minimum Gasteiger partial charge on any atom is -0.493 e. The molecular formula is C46H52O10. The lowest BCUT2D eigenvalue weighted by Crippen LogP contribution is -2.25. The monoisotopic (exact) mass is 764 g/mol. The largest absolute Gasteiger partial charge is 0.493 e. The van der Waals surface area contributed by atoms with Gasteiger partial charge in [-0.2, -0.15) is 0 Å². The second-order valence-corrected chi connectivity index (χ2v) is 14.5. The summed E-state index contributed by atoms with van der Waals surface area (Å²) in [5.74, 6) is 0.742. The number of methoxy groups -OCH3 is 4. The van der Waals surface area contributed by atoms with Crippen molar-refractivity contribution in [2.24, 2.45) is 0 Å². The summed E-state index contributed by atoms with van der Waals surface area (Å²) in [5, 5.41) is 0. The van der Waals surface area contributed by atoms with E-state index in [2.05, 4.69) is 27.7 Å². The molecule has 0 saturated carbocycles. The SMILES string of the molecule is CCCOc1cc2c(cc1OCCC)[C@@H]1C(=O)c3cc(OC)c(OC)cc3[C@H]2[C@@H]2C(=O)c3cc(OC)c(OC)cc3[C@H]1c1cc(OCCC)c(OCCC)cc12. The average Bonchev–Trinajstić information content (AvgIpc) is 3.33. The molecular weight excluding hydrogens is 712 g/mol. The number of hydrogen-bond donors (Lipinski definition) is 0. The van der Waals surface area contributed by atoms with E-state index in [4.69, 9.17) is 37.9 Å². The predicted molar refractivity (Wildman–Crippen MR) is 213 cm³/mol. The average molecular weight is 765 g/mol. The quantitative estimate of drug-likeness (QED) is 0.110. The number of benzene rings is 4. The van der Waals surface area contributed by atoms with Gasteiger partial charge < -0.3 is 37.9 Å². The van der Waals surface area contributed by atoms with Crippen molar-refractivity contribution in [3.63, 3.8) is 0 Å². The van der Waals surface area contributed by atoms with Crippen LogP contribution >= 0.6 is 0 Å². The summed E-state index contributed by atoms with van der Waals surface area (Å²) < 4.78 is 48.9. The van der Waals surface area contributed by atoms with Crippen molar-refractivity contribution >= 4 is 11.6 Å². The Morgan fingerprint density at radius 1 is 0.357 bits per heavy atom. The van der Waals surface area contributed by atoms with E-state index < -0.39 is 23.7 Å². The van der Waals surface area contributed by atoms with Gasteiger partial charge in [0, 0.05) is 23.0 Å². The van der Waals surface area contributed by atoms with Crippen LogP contribution in [-0.4, -0.2) is 66.4 Å². The zero-order valence-electron chi connectivity index (χ0n) is 33.7. The van der Waals surface area contributed by atoms with Gasteiger partial charge in [-0.1, -0.05) is 27.7 Å². The molecule has 7 rings (SSSR count). The second kappa shape index (κ2) is 16.4. The zero-order valence-corrected chi connectivity index (χ0v) is 33.7. The highest BCUT2D eigenvalue weighted by molar-refractivity contribution is 6.11. The van der Waals surface area contributed by atoms with Crippen molar-refractivity contribution in [1.82, 2.24) is 0 Å². The maximum absolute atomic E-state index is 15.8. The molecule has 4 aromatic rings. The fourth-order valence-electron chi connectivity index (χ4n) is 8.62. The predicted octanol–water partition coefficient (Wildman–Crippen LogP) is 9.41. The Morgan fingerprint density at radius 2 is 0.607 bits per heavy atom. The van der Waals surface area contributed by atoms with Gasteiger partial charge in [-0.3, -0.25) is 9.59 Å². The van der Waals surface area contributed by atoms with Crippen molar-refractivity contribution in [3.8, 4) is 46.0 Å². The Labute approximate surface area is 329 Å². The Kier molecular flexibility index (Phi) is 11.4. The van der Waals surface area contributed by atoms with Gasteiger partial charge >= 0.3 is 0 Å². The summed E-state index contributed by atoms with van der Waals surface area (Å²) in [7, 11) is 6.26. The van der Waals surface area contributed by atoms with Gasteiger partial charge in [0.1, 0.15) is 0 Å². The van der Waals surface area contributed by atoms with Gasteiger partial charge in [0.05, 0.1) is 66.7 Å². The molecule has 0 fully saturated rings. The zero-order chi connectivity index (χ0) is 39.7. The lowest BCUT2D eigenvalue weighted by atomic mass is 9.68.